The van der Waals surface area contributed by atoms with Gasteiger partial charge in [0.2, 0.25) is 5.91 Å². The van der Waals surface area contributed by atoms with Gasteiger partial charge in [0.15, 0.2) is 0 Å². The van der Waals surface area contributed by atoms with E-state index in [4.69, 9.17) is 0 Å². The van der Waals surface area contributed by atoms with Gasteiger partial charge in [-0.15, -0.1) is 0 Å². The lowest BCUT2D eigenvalue weighted by Crippen LogP contribution is -2.24. The molecule has 1 N–H and O–H groups in total. The fourth-order valence-electron chi connectivity index (χ4n) is 3.44. The van der Waals surface area contributed by atoms with Gasteiger partial charge in [-0.3, -0.25) is 4.79 Å². The smallest absolute Gasteiger partial charge is 0.229 e. The van der Waals surface area contributed by atoms with Gasteiger partial charge < -0.3 is 10.2 Å². The van der Waals surface area contributed by atoms with Crippen LogP contribution in [-0.2, 0) is 17.6 Å². The van der Waals surface area contributed by atoms with Crippen LogP contribution in [0.25, 0.3) is 0 Å². The van der Waals surface area contributed by atoms with E-state index >= 15 is 0 Å². The van der Waals surface area contributed by atoms with Gasteiger partial charge in [-0.05, 0) is 54.3 Å². The highest BCUT2D eigenvalue weighted by Gasteiger charge is 2.18. The Balaban J connectivity index is 1.44. The lowest BCUT2D eigenvalue weighted by atomic mass is 10.0. The molecule has 1 amide bonds. The number of aromatic nitrogens is 1. The number of carbonyl (C=O) groups is 1. The van der Waals surface area contributed by atoms with Crippen molar-refractivity contribution < 1.29 is 9.18 Å². The van der Waals surface area contributed by atoms with Crippen LogP contribution in [0.3, 0.4) is 0 Å². The first-order valence-corrected chi connectivity index (χ1v) is 9.05. The number of nitrogens with one attached hydrogen (secondary N) is 1. The standard InChI is InChI=1S/C22H20FN3O/c23-18-8-3-5-16(13-18)14-22(27)25-21-11-10-19(15-24-21)26-12-4-7-17-6-1-2-9-20(17)26/h1-3,5-6,8-11,13,15H,4,7,12,14H2,(H,24,25,27). The lowest BCUT2D eigenvalue weighted by molar-refractivity contribution is -0.115. The number of rotatable bonds is 4. The fraction of sp³-hybridized carbons (Fsp3) is 0.182. The van der Waals surface area contributed by atoms with E-state index in [1.807, 2.05) is 12.1 Å². The normalized spacial score (nSPS) is 13.1. The predicted octanol–water partition coefficient (Wildman–Crippen LogP) is 4.49. The van der Waals surface area contributed by atoms with Crippen LogP contribution in [0.5, 0.6) is 0 Å². The minimum atomic E-state index is -0.343. The van der Waals surface area contributed by atoms with E-state index < -0.39 is 0 Å². The van der Waals surface area contributed by atoms with Gasteiger partial charge in [-0.25, -0.2) is 9.37 Å². The molecule has 1 aromatic heterocycles. The summed E-state index contributed by atoms with van der Waals surface area (Å²) < 4.78 is 13.2. The van der Waals surface area contributed by atoms with E-state index in [0.717, 1.165) is 25.1 Å². The van der Waals surface area contributed by atoms with E-state index in [1.165, 1.54) is 23.4 Å². The average molecular weight is 361 g/mol. The van der Waals surface area contributed by atoms with Crippen molar-refractivity contribution in [2.45, 2.75) is 19.3 Å². The summed E-state index contributed by atoms with van der Waals surface area (Å²) in [4.78, 5) is 18.8. The summed E-state index contributed by atoms with van der Waals surface area (Å²) >= 11 is 0. The Hall–Kier alpha value is -3.21. The molecule has 4 nitrogen and oxygen atoms in total. The number of fused-ring (bicyclic) bond motifs is 1. The Labute approximate surface area is 157 Å². The van der Waals surface area contributed by atoms with Crippen molar-refractivity contribution in [2.24, 2.45) is 0 Å². The van der Waals surface area contributed by atoms with Crippen molar-refractivity contribution in [1.82, 2.24) is 4.98 Å². The van der Waals surface area contributed by atoms with Crippen LogP contribution in [0.2, 0.25) is 0 Å². The largest absolute Gasteiger partial charge is 0.340 e. The Morgan fingerprint density at radius 2 is 2.00 bits per heavy atom. The van der Waals surface area contributed by atoms with Crippen LogP contribution in [-0.4, -0.2) is 17.4 Å². The van der Waals surface area contributed by atoms with Crippen LogP contribution in [0.15, 0.2) is 66.9 Å². The number of benzene rings is 2. The molecule has 27 heavy (non-hydrogen) atoms. The predicted molar refractivity (Wildman–Crippen MR) is 105 cm³/mol. The third kappa shape index (κ3) is 3.97. The van der Waals surface area contributed by atoms with Gasteiger partial charge in [0.05, 0.1) is 18.3 Å². The molecule has 0 fully saturated rings. The number of hydrogen-bond donors (Lipinski definition) is 1. The van der Waals surface area contributed by atoms with Gasteiger partial charge in [-0.1, -0.05) is 30.3 Å². The number of anilines is 3. The summed E-state index contributed by atoms with van der Waals surface area (Å²) in [6, 6.07) is 18.2. The zero-order chi connectivity index (χ0) is 18.6. The van der Waals surface area contributed by atoms with Crippen molar-refractivity contribution in [3.05, 3.63) is 83.8 Å². The number of carbonyl (C=O) groups excluding carboxylic acids is 1. The van der Waals surface area contributed by atoms with Gasteiger partial charge in [0, 0.05) is 12.2 Å². The highest BCUT2D eigenvalue weighted by molar-refractivity contribution is 5.91. The molecule has 2 heterocycles. The third-order valence-electron chi connectivity index (χ3n) is 4.69. The zero-order valence-electron chi connectivity index (χ0n) is 14.9. The molecule has 3 aromatic rings. The maximum atomic E-state index is 13.2. The second-order valence-corrected chi connectivity index (χ2v) is 6.64. The summed E-state index contributed by atoms with van der Waals surface area (Å²) in [5, 5.41) is 2.77. The number of para-hydroxylation sites is 1. The quantitative estimate of drug-likeness (QED) is 0.745. The summed E-state index contributed by atoms with van der Waals surface area (Å²) in [7, 11) is 0. The van der Waals surface area contributed by atoms with Crippen molar-refractivity contribution in [3.63, 3.8) is 0 Å². The maximum Gasteiger partial charge on any atom is 0.229 e. The van der Waals surface area contributed by atoms with Gasteiger partial charge >= 0.3 is 0 Å². The van der Waals surface area contributed by atoms with Crippen molar-refractivity contribution >= 4 is 23.1 Å². The Morgan fingerprint density at radius 3 is 2.81 bits per heavy atom. The molecule has 0 saturated heterocycles. The first-order chi connectivity index (χ1) is 13.2. The molecule has 5 heteroatoms. The van der Waals surface area contributed by atoms with E-state index in [0.29, 0.717) is 11.4 Å². The molecule has 0 spiro atoms. The van der Waals surface area contributed by atoms with E-state index in [9.17, 15) is 9.18 Å². The molecular formula is C22H20FN3O. The van der Waals surface area contributed by atoms with Crippen LogP contribution in [0.4, 0.5) is 21.6 Å². The zero-order valence-corrected chi connectivity index (χ0v) is 14.9. The number of nitrogens with zero attached hydrogens (tertiary/aromatic N) is 2. The van der Waals surface area contributed by atoms with Crippen LogP contribution in [0.1, 0.15) is 17.5 Å². The molecule has 4 rings (SSSR count). The van der Waals surface area contributed by atoms with Crippen molar-refractivity contribution in [3.8, 4) is 0 Å². The van der Waals surface area contributed by atoms with Crippen LogP contribution >= 0.6 is 0 Å². The van der Waals surface area contributed by atoms with Crippen LogP contribution in [0, 0.1) is 5.82 Å². The number of aryl methyl sites for hydroxylation is 1. The Kier molecular flexibility index (Phi) is 4.83. The third-order valence-corrected chi connectivity index (χ3v) is 4.69. The second-order valence-electron chi connectivity index (χ2n) is 6.64. The number of pyridine rings is 1. The second kappa shape index (κ2) is 7.58. The Bertz CT molecular complexity index is 956. The first-order valence-electron chi connectivity index (χ1n) is 9.05. The minimum Gasteiger partial charge on any atom is -0.340 e. The molecule has 0 unspecified atom stereocenters. The maximum absolute atomic E-state index is 13.2. The highest BCUT2D eigenvalue weighted by atomic mass is 19.1. The monoisotopic (exact) mass is 361 g/mol. The lowest BCUT2D eigenvalue weighted by Gasteiger charge is -2.31. The topological polar surface area (TPSA) is 45.2 Å². The average Bonchev–Trinajstić information content (AvgIpc) is 2.68. The van der Waals surface area contributed by atoms with Crippen molar-refractivity contribution in [1.29, 1.82) is 0 Å². The Morgan fingerprint density at radius 1 is 1.11 bits per heavy atom. The van der Waals surface area contributed by atoms with E-state index in [1.54, 1.807) is 24.4 Å². The molecule has 0 aliphatic carbocycles. The molecule has 0 bridgehead atoms. The minimum absolute atomic E-state index is 0.112. The summed E-state index contributed by atoms with van der Waals surface area (Å²) in [5.41, 5.74) is 4.20. The van der Waals surface area contributed by atoms with E-state index in [2.05, 4.69) is 33.4 Å². The molecule has 2 aromatic carbocycles. The summed E-state index contributed by atoms with van der Waals surface area (Å²) in [6.45, 7) is 0.948. The molecular weight excluding hydrogens is 341 g/mol. The van der Waals surface area contributed by atoms with Gasteiger partial charge in [0.1, 0.15) is 11.6 Å². The number of amides is 1. The number of hydrogen-bond acceptors (Lipinski definition) is 3. The highest BCUT2D eigenvalue weighted by Crippen LogP contribution is 2.33. The SMILES string of the molecule is O=C(Cc1cccc(F)c1)Nc1ccc(N2CCCc3ccccc32)cn1. The number of halogens is 1. The van der Waals surface area contributed by atoms with Gasteiger partial charge in [0.25, 0.3) is 0 Å². The molecule has 1 aliphatic rings. The molecule has 0 saturated carbocycles. The molecule has 136 valence electrons. The summed E-state index contributed by atoms with van der Waals surface area (Å²) in [6.07, 6.45) is 4.08. The molecule has 0 radical (unpaired) electrons. The van der Waals surface area contributed by atoms with E-state index in [-0.39, 0.29) is 18.1 Å². The fourth-order valence-corrected chi connectivity index (χ4v) is 3.44. The van der Waals surface area contributed by atoms with Crippen molar-refractivity contribution in [2.75, 3.05) is 16.8 Å². The van der Waals surface area contributed by atoms with Crippen LogP contribution < -0.4 is 10.2 Å². The van der Waals surface area contributed by atoms with Gasteiger partial charge in [-0.2, -0.15) is 0 Å². The molecule has 0 atom stereocenters. The summed E-state index contributed by atoms with van der Waals surface area (Å²) in [5.74, 6) is -0.0702. The first kappa shape index (κ1) is 17.2. The molecule has 1 aliphatic heterocycles.